The third kappa shape index (κ3) is 4.08. The van der Waals surface area contributed by atoms with Gasteiger partial charge >= 0.3 is 0 Å². The van der Waals surface area contributed by atoms with Gasteiger partial charge in [0, 0.05) is 12.3 Å². The maximum atomic E-state index is 8.83. The number of benzene rings is 1. The summed E-state index contributed by atoms with van der Waals surface area (Å²) in [7, 11) is 0. The lowest BCUT2D eigenvalue weighted by Crippen LogP contribution is -2.22. The van der Waals surface area contributed by atoms with E-state index < -0.39 is 0 Å². The Labute approximate surface area is 108 Å². The van der Waals surface area contributed by atoms with Crippen molar-refractivity contribution in [3.05, 3.63) is 42.2 Å². The minimum atomic E-state index is 0.250. The first-order valence-electron chi connectivity index (χ1n) is 6.62. The molecule has 0 aromatic heterocycles. The summed E-state index contributed by atoms with van der Waals surface area (Å²) in [6.07, 6.45) is 8.06. The molecule has 0 aliphatic carbocycles. The van der Waals surface area contributed by atoms with Crippen molar-refractivity contribution in [1.29, 1.82) is 0 Å². The minimum Gasteiger partial charge on any atom is -0.497 e. The molecular weight excluding hydrogens is 226 g/mol. The van der Waals surface area contributed by atoms with Crippen molar-refractivity contribution in [2.24, 2.45) is 0 Å². The van der Waals surface area contributed by atoms with E-state index in [0.29, 0.717) is 0 Å². The van der Waals surface area contributed by atoms with E-state index in [9.17, 15) is 0 Å². The number of aryl methyl sites for hydroxylation is 1. The molecule has 2 N–H and O–H groups in total. The van der Waals surface area contributed by atoms with E-state index in [1.54, 1.807) is 6.26 Å². The van der Waals surface area contributed by atoms with E-state index >= 15 is 0 Å². The molecule has 0 spiro atoms. The van der Waals surface area contributed by atoms with Crippen molar-refractivity contribution < 1.29 is 9.84 Å². The molecule has 3 heteroatoms. The number of nitrogens with one attached hydrogen (secondary N) is 1. The molecule has 1 aromatic rings. The standard InChI is InChI=1S/C15H21NO2/c17-9-4-6-13-5-3-7-14(11-13)16-12-15-8-1-2-10-18-15/h2-3,5,7,10-11,15-17H,1,4,6,8-9,12H2. The van der Waals surface area contributed by atoms with Crippen LogP contribution in [-0.4, -0.2) is 24.4 Å². The number of ether oxygens (including phenoxy) is 1. The molecule has 0 radical (unpaired) electrons. The fourth-order valence-electron chi connectivity index (χ4n) is 2.09. The molecule has 2 rings (SSSR count). The molecule has 1 aliphatic heterocycles. The van der Waals surface area contributed by atoms with Crippen molar-refractivity contribution in [1.82, 2.24) is 0 Å². The third-order valence-corrected chi connectivity index (χ3v) is 3.11. The first kappa shape index (κ1) is 13.0. The number of allylic oxidation sites excluding steroid dienone is 1. The summed E-state index contributed by atoms with van der Waals surface area (Å²) in [6, 6.07) is 8.37. The van der Waals surface area contributed by atoms with Crippen molar-refractivity contribution in [3.63, 3.8) is 0 Å². The maximum Gasteiger partial charge on any atom is 0.115 e. The smallest absolute Gasteiger partial charge is 0.115 e. The average molecular weight is 247 g/mol. The zero-order valence-corrected chi connectivity index (χ0v) is 10.6. The predicted molar refractivity (Wildman–Crippen MR) is 73.6 cm³/mol. The van der Waals surface area contributed by atoms with Gasteiger partial charge < -0.3 is 15.2 Å². The summed E-state index contributed by atoms with van der Waals surface area (Å²) in [6.45, 7) is 1.09. The van der Waals surface area contributed by atoms with Crippen molar-refractivity contribution in [3.8, 4) is 0 Å². The maximum absolute atomic E-state index is 8.83. The molecule has 98 valence electrons. The molecule has 1 aliphatic rings. The molecular formula is C15H21NO2. The second-order valence-corrected chi connectivity index (χ2v) is 4.62. The summed E-state index contributed by atoms with van der Waals surface area (Å²) >= 11 is 0. The van der Waals surface area contributed by atoms with Crippen LogP contribution in [0.15, 0.2) is 36.6 Å². The molecule has 0 fully saturated rings. The number of rotatable bonds is 6. The lowest BCUT2D eigenvalue weighted by Gasteiger charge is -2.20. The number of aliphatic hydroxyl groups excluding tert-OH is 1. The fourth-order valence-corrected chi connectivity index (χ4v) is 2.09. The van der Waals surface area contributed by atoms with Gasteiger partial charge in [-0.1, -0.05) is 12.1 Å². The Balaban J connectivity index is 1.82. The Morgan fingerprint density at radius 2 is 2.33 bits per heavy atom. The van der Waals surface area contributed by atoms with Crippen LogP contribution in [-0.2, 0) is 11.2 Å². The second kappa shape index (κ2) is 7.07. The SMILES string of the molecule is OCCCc1cccc(NCC2CCC=CO2)c1. The summed E-state index contributed by atoms with van der Waals surface area (Å²) < 4.78 is 5.52. The Morgan fingerprint density at radius 1 is 1.39 bits per heavy atom. The van der Waals surface area contributed by atoms with Crippen LogP contribution >= 0.6 is 0 Å². The van der Waals surface area contributed by atoms with Gasteiger partial charge in [0.15, 0.2) is 0 Å². The summed E-state index contributed by atoms with van der Waals surface area (Å²) in [5.74, 6) is 0. The lowest BCUT2D eigenvalue weighted by atomic mass is 10.1. The van der Waals surface area contributed by atoms with Crippen LogP contribution < -0.4 is 5.32 Å². The van der Waals surface area contributed by atoms with Crippen LogP contribution in [0, 0.1) is 0 Å². The van der Waals surface area contributed by atoms with Crippen LogP contribution in [0.5, 0.6) is 0 Å². The van der Waals surface area contributed by atoms with E-state index in [1.807, 2.05) is 0 Å². The molecule has 18 heavy (non-hydrogen) atoms. The van der Waals surface area contributed by atoms with Gasteiger partial charge in [-0.3, -0.25) is 0 Å². The van der Waals surface area contributed by atoms with Crippen LogP contribution in [0.2, 0.25) is 0 Å². The highest BCUT2D eigenvalue weighted by atomic mass is 16.5. The van der Waals surface area contributed by atoms with Gasteiger partial charge in [0.05, 0.1) is 12.8 Å². The van der Waals surface area contributed by atoms with Gasteiger partial charge in [-0.25, -0.2) is 0 Å². The van der Waals surface area contributed by atoms with Crippen LogP contribution in [0.1, 0.15) is 24.8 Å². The van der Waals surface area contributed by atoms with Crippen LogP contribution in [0.25, 0.3) is 0 Å². The molecule has 0 saturated heterocycles. The summed E-state index contributed by atoms with van der Waals surface area (Å²) in [4.78, 5) is 0. The minimum absolute atomic E-state index is 0.250. The Kier molecular flexibility index (Phi) is 5.09. The topological polar surface area (TPSA) is 41.5 Å². The van der Waals surface area contributed by atoms with Crippen molar-refractivity contribution in [2.45, 2.75) is 31.8 Å². The Morgan fingerprint density at radius 3 is 3.11 bits per heavy atom. The lowest BCUT2D eigenvalue weighted by molar-refractivity contribution is 0.135. The van der Waals surface area contributed by atoms with Crippen LogP contribution in [0.4, 0.5) is 5.69 Å². The zero-order chi connectivity index (χ0) is 12.6. The first-order chi connectivity index (χ1) is 8.88. The van der Waals surface area contributed by atoms with Gasteiger partial charge in [-0.2, -0.15) is 0 Å². The molecule has 1 aromatic carbocycles. The van der Waals surface area contributed by atoms with Gasteiger partial charge in [-0.05, 0) is 49.5 Å². The van der Waals surface area contributed by atoms with Gasteiger partial charge in [0.2, 0.25) is 0 Å². The molecule has 1 atom stereocenters. The Bertz CT molecular complexity index is 390. The van der Waals surface area contributed by atoms with Gasteiger partial charge in [0.1, 0.15) is 6.10 Å². The Hall–Kier alpha value is -1.48. The zero-order valence-electron chi connectivity index (χ0n) is 10.6. The van der Waals surface area contributed by atoms with E-state index in [-0.39, 0.29) is 12.7 Å². The predicted octanol–water partition coefficient (Wildman–Crippen LogP) is 2.72. The van der Waals surface area contributed by atoms with Gasteiger partial charge in [0.25, 0.3) is 0 Å². The summed E-state index contributed by atoms with van der Waals surface area (Å²) in [5, 5.41) is 12.2. The number of anilines is 1. The quantitative estimate of drug-likeness (QED) is 0.812. The normalized spacial score (nSPS) is 18.4. The average Bonchev–Trinajstić information content (AvgIpc) is 2.44. The molecule has 0 bridgehead atoms. The van der Waals surface area contributed by atoms with Crippen molar-refractivity contribution >= 4 is 5.69 Å². The third-order valence-electron chi connectivity index (χ3n) is 3.11. The van der Waals surface area contributed by atoms with E-state index in [2.05, 4.69) is 35.7 Å². The molecule has 3 nitrogen and oxygen atoms in total. The van der Waals surface area contributed by atoms with E-state index in [1.165, 1.54) is 5.56 Å². The molecule has 1 unspecified atom stereocenters. The molecule has 1 heterocycles. The fraction of sp³-hybridized carbons (Fsp3) is 0.467. The molecule has 0 saturated carbocycles. The number of hydrogen-bond donors (Lipinski definition) is 2. The largest absolute Gasteiger partial charge is 0.497 e. The first-order valence-corrected chi connectivity index (χ1v) is 6.62. The van der Waals surface area contributed by atoms with Crippen molar-refractivity contribution in [2.75, 3.05) is 18.5 Å². The highest BCUT2D eigenvalue weighted by molar-refractivity contribution is 5.45. The number of aliphatic hydroxyl groups is 1. The highest BCUT2D eigenvalue weighted by Crippen LogP contribution is 2.15. The second-order valence-electron chi connectivity index (χ2n) is 4.62. The van der Waals surface area contributed by atoms with Gasteiger partial charge in [-0.15, -0.1) is 0 Å². The van der Waals surface area contributed by atoms with E-state index in [0.717, 1.165) is 37.9 Å². The highest BCUT2D eigenvalue weighted by Gasteiger charge is 2.10. The number of hydrogen-bond acceptors (Lipinski definition) is 3. The monoisotopic (exact) mass is 247 g/mol. The molecule has 0 amide bonds. The van der Waals surface area contributed by atoms with Crippen LogP contribution in [0.3, 0.4) is 0 Å². The summed E-state index contributed by atoms with van der Waals surface area (Å²) in [5.41, 5.74) is 2.39. The van der Waals surface area contributed by atoms with E-state index in [4.69, 9.17) is 9.84 Å².